The van der Waals surface area contributed by atoms with Crippen LogP contribution in [0.1, 0.15) is 11.1 Å². The summed E-state index contributed by atoms with van der Waals surface area (Å²) in [5, 5.41) is 24.8. The first kappa shape index (κ1) is 12.4. The maximum atomic E-state index is 9.60. The average Bonchev–Trinajstić information content (AvgIpc) is 2.59. The molecule has 0 saturated carbocycles. The van der Waals surface area contributed by atoms with Gasteiger partial charge in [0.1, 0.15) is 6.07 Å². The molecule has 4 aromatic carbocycles. The largest absolute Gasteiger partial charge is 0.192 e. The molecule has 0 aromatic heterocycles. The predicted octanol–water partition coefficient (Wildman–Crippen LogP) is 4.89. The summed E-state index contributed by atoms with van der Waals surface area (Å²) in [7, 11) is 0. The van der Waals surface area contributed by atoms with E-state index in [4.69, 9.17) is 5.26 Å². The molecule has 0 atom stereocenters. The van der Waals surface area contributed by atoms with E-state index in [1.165, 1.54) is 0 Å². The minimum Gasteiger partial charge on any atom is -0.192 e. The number of fused-ring (bicyclic) bond motifs is 4. The van der Waals surface area contributed by atoms with Gasteiger partial charge >= 0.3 is 0 Å². The summed E-state index contributed by atoms with van der Waals surface area (Å²) in [4.78, 5) is 0. The molecule has 0 spiro atoms. The lowest BCUT2D eigenvalue weighted by Crippen LogP contribution is -1.86. The molecule has 0 amide bonds. The Morgan fingerprint density at radius 3 is 2.23 bits per heavy atom. The molecule has 2 heteroatoms. The van der Waals surface area contributed by atoms with Gasteiger partial charge in [0, 0.05) is 10.8 Å². The topological polar surface area (TPSA) is 47.6 Å². The number of hydrogen-bond acceptors (Lipinski definition) is 2. The van der Waals surface area contributed by atoms with Gasteiger partial charge in [-0.2, -0.15) is 10.5 Å². The molecule has 0 radical (unpaired) electrons. The number of nitriles is 2. The second kappa shape index (κ2) is 4.58. The molecule has 100 valence electrons. The van der Waals surface area contributed by atoms with E-state index in [9.17, 15) is 5.26 Å². The van der Waals surface area contributed by atoms with Crippen molar-refractivity contribution in [1.29, 1.82) is 10.5 Å². The van der Waals surface area contributed by atoms with Gasteiger partial charge in [-0.05, 0) is 39.7 Å². The lowest BCUT2D eigenvalue weighted by molar-refractivity contribution is 1.50. The van der Waals surface area contributed by atoms with Crippen LogP contribution in [0.15, 0.2) is 60.7 Å². The van der Waals surface area contributed by atoms with Crippen LogP contribution in [0.2, 0.25) is 0 Å². The summed E-state index contributed by atoms with van der Waals surface area (Å²) >= 11 is 0. The van der Waals surface area contributed by atoms with Crippen molar-refractivity contribution in [1.82, 2.24) is 0 Å². The van der Waals surface area contributed by atoms with Crippen molar-refractivity contribution in [3.05, 3.63) is 71.8 Å². The highest BCUT2D eigenvalue weighted by Gasteiger charge is 2.10. The molecule has 4 aromatic rings. The summed E-state index contributed by atoms with van der Waals surface area (Å²) < 4.78 is 0. The Hall–Kier alpha value is -3.36. The zero-order valence-corrected chi connectivity index (χ0v) is 11.7. The summed E-state index contributed by atoms with van der Waals surface area (Å²) in [6.07, 6.45) is 0. The van der Waals surface area contributed by atoms with Gasteiger partial charge in [0.25, 0.3) is 0 Å². The van der Waals surface area contributed by atoms with E-state index in [0.717, 1.165) is 32.3 Å². The molecule has 2 nitrogen and oxygen atoms in total. The van der Waals surface area contributed by atoms with Crippen LogP contribution in [0.25, 0.3) is 32.3 Å². The molecule has 0 heterocycles. The number of rotatable bonds is 0. The van der Waals surface area contributed by atoms with Crippen LogP contribution in [-0.4, -0.2) is 0 Å². The quantitative estimate of drug-likeness (QED) is 0.339. The molecule has 0 N–H and O–H groups in total. The van der Waals surface area contributed by atoms with Crippen molar-refractivity contribution in [2.45, 2.75) is 0 Å². The summed E-state index contributed by atoms with van der Waals surface area (Å²) in [6, 6.07) is 24.2. The Balaban J connectivity index is 2.30. The number of nitrogens with zero attached hydrogens (tertiary/aromatic N) is 2. The zero-order valence-electron chi connectivity index (χ0n) is 11.7. The third-order valence-corrected chi connectivity index (χ3v) is 4.10. The predicted molar refractivity (Wildman–Crippen MR) is 88.4 cm³/mol. The van der Waals surface area contributed by atoms with Crippen LogP contribution in [0.5, 0.6) is 0 Å². The van der Waals surface area contributed by atoms with Crippen molar-refractivity contribution >= 4 is 32.3 Å². The monoisotopic (exact) mass is 278 g/mol. The molecule has 4 rings (SSSR count). The smallest absolute Gasteiger partial charge is 0.100 e. The molecule has 0 aliphatic carbocycles. The Morgan fingerprint density at radius 2 is 1.41 bits per heavy atom. The molecule has 0 aliphatic rings. The van der Waals surface area contributed by atoms with Crippen molar-refractivity contribution in [2.75, 3.05) is 0 Å². The van der Waals surface area contributed by atoms with Gasteiger partial charge in [0.2, 0.25) is 0 Å². The van der Waals surface area contributed by atoms with E-state index < -0.39 is 0 Å². The van der Waals surface area contributed by atoms with Crippen LogP contribution in [0.3, 0.4) is 0 Å². The van der Waals surface area contributed by atoms with Gasteiger partial charge in [-0.15, -0.1) is 0 Å². The Bertz CT molecular complexity index is 1140. The maximum absolute atomic E-state index is 9.60. The van der Waals surface area contributed by atoms with Crippen molar-refractivity contribution in [3.8, 4) is 12.1 Å². The lowest BCUT2D eigenvalue weighted by Gasteiger charge is -2.09. The SMILES string of the molecule is N#Cc1ccc2ccc3c(C#N)c4ccccc4cc3c2c1. The van der Waals surface area contributed by atoms with Crippen LogP contribution >= 0.6 is 0 Å². The second-order valence-corrected chi connectivity index (χ2v) is 5.29. The number of benzene rings is 4. The van der Waals surface area contributed by atoms with Crippen molar-refractivity contribution in [2.24, 2.45) is 0 Å². The van der Waals surface area contributed by atoms with E-state index >= 15 is 0 Å². The van der Waals surface area contributed by atoms with E-state index in [1.54, 1.807) is 0 Å². The fourth-order valence-corrected chi connectivity index (χ4v) is 3.06. The van der Waals surface area contributed by atoms with Crippen LogP contribution in [0.4, 0.5) is 0 Å². The first-order valence-electron chi connectivity index (χ1n) is 7.00. The first-order chi connectivity index (χ1) is 10.8. The molecule has 0 aliphatic heterocycles. The van der Waals surface area contributed by atoms with Crippen molar-refractivity contribution in [3.63, 3.8) is 0 Å². The Kier molecular flexibility index (Phi) is 2.58. The van der Waals surface area contributed by atoms with Gasteiger partial charge in [0.05, 0.1) is 17.2 Å². The first-order valence-corrected chi connectivity index (χ1v) is 7.00. The molecule has 0 saturated heterocycles. The van der Waals surface area contributed by atoms with Gasteiger partial charge in [-0.3, -0.25) is 0 Å². The minimum atomic E-state index is 0.631. The summed E-state index contributed by atoms with van der Waals surface area (Å²) in [6.45, 7) is 0. The molecule has 0 unspecified atom stereocenters. The Labute approximate surface area is 127 Å². The van der Waals surface area contributed by atoms with Gasteiger partial charge in [0.15, 0.2) is 0 Å². The standard InChI is InChI=1S/C20H10N2/c21-11-13-5-6-14-7-8-17-19(18(14)9-13)10-15-3-1-2-4-16(15)20(17)12-22/h1-10H. The van der Waals surface area contributed by atoms with E-state index in [-0.39, 0.29) is 0 Å². The van der Waals surface area contributed by atoms with E-state index in [1.807, 2.05) is 54.6 Å². The van der Waals surface area contributed by atoms with Crippen LogP contribution in [-0.2, 0) is 0 Å². The normalized spacial score (nSPS) is 10.6. The Morgan fingerprint density at radius 1 is 0.591 bits per heavy atom. The van der Waals surface area contributed by atoms with Crippen LogP contribution < -0.4 is 0 Å². The summed E-state index contributed by atoms with van der Waals surface area (Å²) in [5.74, 6) is 0. The minimum absolute atomic E-state index is 0.631. The third kappa shape index (κ3) is 1.65. The maximum Gasteiger partial charge on any atom is 0.100 e. The summed E-state index contributed by atoms with van der Waals surface area (Å²) in [5.41, 5.74) is 1.32. The van der Waals surface area contributed by atoms with E-state index in [2.05, 4.69) is 18.2 Å². The van der Waals surface area contributed by atoms with Gasteiger partial charge in [-0.25, -0.2) is 0 Å². The highest BCUT2D eigenvalue weighted by molar-refractivity contribution is 6.15. The highest BCUT2D eigenvalue weighted by Crippen LogP contribution is 2.33. The van der Waals surface area contributed by atoms with Gasteiger partial charge in [-0.1, -0.05) is 42.5 Å². The molecular formula is C20H10N2. The second-order valence-electron chi connectivity index (χ2n) is 5.29. The van der Waals surface area contributed by atoms with E-state index in [0.29, 0.717) is 11.1 Å². The number of hydrogen-bond donors (Lipinski definition) is 0. The third-order valence-electron chi connectivity index (χ3n) is 4.10. The molecule has 22 heavy (non-hydrogen) atoms. The highest BCUT2D eigenvalue weighted by atomic mass is 14.3. The zero-order chi connectivity index (χ0) is 15.1. The van der Waals surface area contributed by atoms with Gasteiger partial charge < -0.3 is 0 Å². The average molecular weight is 278 g/mol. The molecule has 0 bridgehead atoms. The fraction of sp³-hybridized carbons (Fsp3) is 0. The lowest BCUT2D eigenvalue weighted by atomic mass is 9.93. The molecular weight excluding hydrogens is 268 g/mol. The fourth-order valence-electron chi connectivity index (χ4n) is 3.06. The molecule has 0 fully saturated rings. The van der Waals surface area contributed by atoms with Crippen LogP contribution in [0, 0.1) is 22.7 Å². The van der Waals surface area contributed by atoms with Crippen molar-refractivity contribution < 1.29 is 0 Å².